The molecule has 4 rings (SSSR count). The molecule has 2 aromatic carbocycles. The molecule has 1 unspecified atom stereocenters. The number of halogens is 3. The van der Waals surface area contributed by atoms with E-state index >= 15 is 4.39 Å². The highest BCUT2D eigenvalue weighted by molar-refractivity contribution is 7.90. The van der Waals surface area contributed by atoms with Gasteiger partial charge in [0, 0.05) is 34.6 Å². The minimum absolute atomic E-state index is 0.0256. The molecule has 1 atom stereocenters. The van der Waals surface area contributed by atoms with Crippen molar-refractivity contribution >= 4 is 50.5 Å². The summed E-state index contributed by atoms with van der Waals surface area (Å²) in [6.07, 6.45) is 4.58. The van der Waals surface area contributed by atoms with Crippen LogP contribution in [0.25, 0.3) is 0 Å². The minimum atomic E-state index is -3.23. The molecule has 7 nitrogen and oxygen atoms in total. The summed E-state index contributed by atoms with van der Waals surface area (Å²) in [5.74, 6) is -1.72. The van der Waals surface area contributed by atoms with E-state index in [1.165, 1.54) is 6.07 Å². The van der Waals surface area contributed by atoms with E-state index in [1.807, 2.05) is 0 Å². The molecule has 36 heavy (non-hydrogen) atoms. The molecule has 2 aromatic rings. The molecule has 1 saturated carbocycles. The Labute approximate surface area is 220 Å². The van der Waals surface area contributed by atoms with Gasteiger partial charge in [0.25, 0.3) is 0 Å². The molecule has 0 aromatic heterocycles. The van der Waals surface area contributed by atoms with Crippen molar-refractivity contribution in [2.75, 3.05) is 30.4 Å². The van der Waals surface area contributed by atoms with E-state index in [1.54, 1.807) is 30.3 Å². The maximum absolute atomic E-state index is 15.7. The van der Waals surface area contributed by atoms with Gasteiger partial charge in [0.2, 0.25) is 11.8 Å². The van der Waals surface area contributed by atoms with Crippen LogP contribution in [-0.2, 0) is 24.8 Å². The Morgan fingerprint density at radius 3 is 2.53 bits per heavy atom. The quantitative estimate of drug-likeness (QED) is 0.459. The number of hydrogen-bond donors (Lipinski definition) is 3. The lowest BCUT2D eigenvalue weighted by molar-refractivity contribution is -0.125. The van der Waals surface area contributed by atoms with Crippen molar-refractivity contribution in [1.29, 1.82) is 0 Å². The van der Waals surface area contributed by atoms with Crippen LogP contribution in [0.2, 0.25) is 10.0 Å². The van der Waals surface area contributed by atoms with Gasteiger partial charge >= 0.3 is 0 Å². The molecule has 1 aliphatic heterocycles. The van der Waals surface area contributed by atoms with E-state index in [0.29, 0.717) is 29.1 Å². The number of carbonyl (C=O) groups excluding carboxylic acids is 2. The van der Waals surface area contributed by atoms with Crippen molar-refractivity contribution in [3.05, 3.63) is 63.4 Å². The zero-order valence-corrected chi connectivity index (χ0v) is 22.1. The first kappa shape index (κ1) is 26.9. The molecule has 2 amide bonds. The van der Waals surface area contributed by atoms with Gasteiger partial charge < -0.3 is 16.0 Å². The topological polar surface area (TPSA) is 104 Å². The number of sulfone groups is 1. The number of amides is 2. The van der Waals surface area contributed by atoms with Gasteiger partial charge in [-0.05, 0) is 36.6 Å². The van der Waals surface area contributed by atoms with Crippen LogP contribution in [0, 0.1) is 5.82 Å². The molecular formula is C25H28Cl2FN3O4S. The summed E-state index contributed by atoms with van der Waals surface area (Å²) < 4.78 is 38.6. The molecule has 1 heterocycles. The molecule has 2 aliphatic rings. The number of carbonyl (C=O) groups is 2. The molecular weight excluding hydrogens is 528 g/mol. The third-order valence-corrected chi connectivity index (χ3v) is 8.61. The summed E-state index contributed by atoms with van der Waals surface area (Å²) in [5, 5.41) is 9.15. The molecule has 0 bridgehead atoms. The zero-order chi connectivity index (χ0) is 26.1. The summed E-state index contributed by atoms with van der Waals surface area (Å²) in [6.45, 7) is -0.202. The number of fused-ring (bicyclic) bond motifs is 1. The van der Waals surface area contributed by atoms with E-state index in [4.69, 9.17) is 23.2 Å². The van der Waals surface area contributed by atoms with Crippen LogP contribution in [0.3, 0.4) is 0 Å². The first-order valence-electron chi connectivity index (χ1n) is 11.8. The molecule has 1 fully saturated rings. The lowest BCUT2D eigenvalue weighted by atomic mass is 9.56. The van der Waals surface area contributed by atoms with Gasteiger partial charge in [-0.25, -0.2) is 12.8 Å². The number of benzene rings is 2. The van der Waals surface area contributed by atoms with E-state index in [9.17, 15) is 18.0 Å². The Bertz CT molecular complexity index is 1300. The number of nitrogens with one attached hydrogen (secondary N) is 3. The summed E-state index contributed by atoms with van der Waals surface area (Å²) in [6, 6.07) is 9.62. The largest absolute Gasteiger partial charge is 0.354 e. The Hall–Kier alpha value is -2.20. The van der Waals surface area contributed by atoms with Crippen molar-refractivity contribution in [1.82, 2.24) is 10.6 Å². The monoisotopic (exact) mass is 555 g/mol. The predicted octanol–water partition coefficient (Wildman–Crippen LogP) is 3.82. The second-order valence-corrected chi connectivity index (χ2v) is 12.6. The van der Waals surface area contributed by atoms with Gasteiger partial charge in [-0.3, -0.25) is 9.59 Å². The second kappa shape index (κ2) is 10.3. The molecule has 3 N–H and O–H groups in total. The van der Waals surface area contributed by atoms with E-state index in [2.05, 4.69) is 16.0 Å². The maximum Gasteiger partial charge on any atom is 0.241 e. The smallest absolute Gasteiger partial charge is 0.241 e. The van der Waals surface area contributed by atoms with Gasteiger partial charge in [0.05, 0.1) is 17.3 Å². The Balaban J connectivity index is 1.81. The SMILES string of the molecule is CS(=O)(=O)CCNC(=O)CNC1(C2(c3cccc(Cl)c3F)C(=O)Nc3cc(Cl)ccc32)CCCCC1. The second-order valence-electron chi connectivity index (χ2n) is 9.47. The van der Waals surface area contributed by atoms with Gasteiger partial charge in [-0.1, -0.05) is 60.7 Å². The van der Waals surface area contributed by atoms with E-state index < -0.39 is 38.4 Å². The Morgan fingerprint density at radius 2 is 1.83 bits per heavy atom. The minimum Gasteiger partial charge on any atom is -0.354 e. The highest BCUT2D eigenvalue weighted by Gasteiger charge is 2.63. The highest BCUT2D eigenvalue weighted by atomic mass is 35.5. The Kier molecular flexibility index (Phi) is 7.67. The fraction of sp³-hybridized carbons (Fsp3) is 0.440. The maximum atomic E-state index is 15.7. The van der Waals surface area contributed by atoms with Crippen molar-refractivity contribution in [3.63, 3.8) is 0 Å². The van der Waals surface area contributed by atoms with Crippen molar-refractivity contribution in [2.24, 2.45) is 0 Å². The highest BCUT2D eigenvalue weighted by Crippen LogP contribution is 2.55. The summed E-state index contributed by atoms with van der Waals surface area (Å²) in [4.78, 5) is 26.7. The number of hydrogen-bond acceptors (Lipinski definition) is 5. The third kappa shape index (κ3) is 4.86. The molecule has 11 heteroatoms. The van der Waals surface area contributed by atoms with Crippen LogP contribution < -0.4 is 16.0 Å². The van der Waals surface area contributed by atoms with E-state index in [-0.39, 0.29) is 29.4 Å². The molecule has 0 saturated heterocycles. The predicted molar refractivity (Wildman–Crippen MR) is 139 cm³/mol. The van der Waals surface area contributed by atoms with E-state index in [0.717, 1.165) is 25.5 Å². The van der Waals surface area contributed by atoms with Crippen molar-refractivity contribution < 1.29 is 22.4 Å². The van der Waals surface area contributed by atoms with Crippen LogP contribution in [0.15, 0.2) is 36.4 Å². The van der Waals surface area contributed by atoms with Gasteiger partial charge in [0.15, 0.2) is 0 Å². The van der Waals surface area contributed by atoms with Crippen LogP contribution >= 0.6 is 23.2 Å². The molecule has 0 spiro atoms. The molecule has 0 radical (unpaired) electrons. The van der Waals surface area contributed by atoms with Crippen LogP contribution in [0.1, 0.15) is 43.2 Å². The van der Waals surface area contributed by atoms with Crippen LogP contribution in [0.4, 0.5) is 10.1 Å². The average molecular weight is 556 g/mol. The normalized spacial score (nSPS) is 21.1. The van der Waals surface area contributed by atoms with Gasteiger partial charge in [0.1, 0.15) is 21.1 Å². The number of rotatable bonds is 8. The fourth-order valence-electron chi connectivity index (χ4n) is 5.61. The first-order valence-corrected chi connectivity index (χ1v) is 14.6. The lowest BCUT2D eigenvalue weighted by Crippen LogP contribution is -2.66. The van der Waals surface area contributed by atoms with Crippen LogP contribution in [-0.4, -0.2) is 50.9 Å². The Morgan fingerprint density at radius 1 is 1.11 bits per heavy atom. The zero-order valence-electron chi connectivity index (χ0n) is 19.8. The lowest BCUT2D eigenvalue weighted by Gasteiger charge is -2.50. The van der Waals surface area contributed by atoms with Crippen molar-refractivity contribution in [2.45, 2.75) is 43.1 Å². The standard InChI is InChI=1S/C25H28Cl2FN3O4S/c1-36(34,35)13-12-29-21(32)15-30-24(10-3-2-4-11-24)25(18-6-5-7-19(27)22(18)28)17-9-8-16(26)14-20(17)31-23(25)33/h5-9,14,30H,2-4,10-13,15H2,1H3,(H,29,32)(H,31,33). The van der Waals surface area contributed by atoms with Gasteiger partial charge in [-0.2, -0.15) is 0 Å². The van der Waals surface area contributed by atoms with Crippen LogP contribution in [0.5, 0.6) is 0 Å². The fourth-order valence-corrected chi connectivity index (χ4v) is 6.43. The van der Waals surface area contributed by atoms with Gasteiger partial charge in [-0.15, -0.1) is 0 Å². The summed E-state index contributed by atoms with van der Waals surface area (Å²) in [7, 11) is -3.23. The third-order valence-electron chi connectivity index (χ3n) is 7.14. The summed E-state index contributed by atoms with van der Waals surface area (Å²) >= 11 is 12.4. The molecule has 1 aliphatic carbocycles. The molecule has 194 valence electrons. The number of anilines is 1. The summed E-state index contributed by atoms with van der Waals surface area (Å²) in [5.41, 5.74) is -1.37. The first-order chi connectivity index (χ1) is 17.0. The average Bonchev–Trinajstić information content (AvgIpc) is 3.11. The van der Waals surface area contributed by atoms with Crippen molar-refractivity contribution in [3.8, 4) is 0 Å².